The highest BCUT2D eigenvalue weighted by molar-refractivity contribution is 5.81. The number of aryl methyl sites for hydroxylation is 1. The minimum absolute atomic E-state index is 0.111. The number of hydrogen-bond donors (Lipinski definition) is 2. The van der Waals surface area contributed by atoms with Crippen molar-refractivity contribution in [2.45, 2.75) is 26.2 Å². The number of amides is 1. The summed E-state index contributed by atoms with van der Waals surface area (Å²) in [7, 11) is 1.83. The first-order valence-electron chi connectivity index (χ1n) is 6.97. The van der Waals surface area contributed by atoms with Gasteiger partial charge < -0.3 is 15.2 Å². The van der Waals surface area contributed by atoms with E-state index in [2.05, 4.69) is 22.3 Å². The molecule has 2 rings (SSSR count). The molecule has 0 spiro atoms. The number of nitrogens with zero attached hydrogens (tertiary/aromatic N) is 4. The van der Waals surface area contributed by atoms with Crippen LogP contribution in [0, 0.1) is 0 Å². The number of aromatic nitrogens is 2. The van der Waals surface area contributed by atoms with E-state index < -0.39 is 0 Å². The molecule has 0 bridgehead atoms. The van der Waals surface area contributed by atoms with E-state index in [-0.39, 0.29) is 5.91 Å². The fraction of sp³-hybridized carbons (Fsp3) is 0.615. The highest BCUT2D eigenvalue weighted by Gasteiger charge is 2.20. The quantitative estimate of drug-likeness (QED) is 0.612. The fourth-order valence-electron chi connectivity index (χ4n) is 2.24. The molecular formula is C13H22N6O. The van der Waals surface area contributed by atoms with Gasteiger partial charge in [0.15, 0.2) is 0 Å². The van der Waals surface area contributed by atoms with Crippen LogP contribution in [-0.2, 0) is 11.2 Å². The first kappa shape index (κ1) is 14.5. The first-order chi connectivity index (χ1) is 9.63. The van der Waals surface area contributed by atoms with Crippen LogP contribution in [0.2, 0.25) is 0 Å². The third kappa shape index (κ3) is 3.36. The van der Waals surface area contributed by atoms with Gasteiger partial charge in [0.25, 0.3) is 0 Å². The molecule has 0 atom stereocenters. The summed E-state index contributed by atoms with van der Waals surface area (Å²) in [6.07, 6.45) is 2.69. The third-order valence-electron chi connectivity index (χ3n) is 3.38. The van der Waals surface area contributed by atoms with E-state index in [9.17, 15) is 4.79 Å². The molecule has 2 heterocycles. The molecule has 110 valence electrons. The van der Waals surface area contributed by atoms with E-state index in [1.54, 1.807) is 11.0 Å². The van der Waals surface area contributed by atoms with Gasteiger partial charge in [0.1, 0.15) is 17.5 Å². The van der Waals surface area contributed by atoms with Crippen LogP contribution in [0.4, 0.5) is 11.6 Å². The molecule has 0 unspecified atom stereocenters. The van der Waals surface area contributed by atoms with Gasteiger partial charge in [-0.05, 0) is 12.8 Å². The number of anilines is 2. The molecule has 1 amide bonds. The Balaban J connectivity index is 2.25. The second kappa shape index (κ2) is 6.51. The van der Waals surface area contributed by atoms with Crippen molar-refractivity contribution in [3.63, 3.8) is 0 Å². The molecule has 7 nitrogen and oxygen atoms in total. The van der Waals surface area contributed by atoms with E-state index in [0.29, 0.717) is 12.4 Å². The minimum atomic E-state index is 0.111. The minimum Gasteiger partial charge on any atom is -0.347 e. The second-order valence-corrected chi connectivity index (χ2v) is 5.01. The Morgan fingerprint density at radius 3 is 2.90 bits per heavy atom. The molecule has 1 aliphatic heterocycles. The van der Waals surface area contributed by atoms with E-state index in [1.807, 2.05) is 11.9 Å². The van der Waals surface area contributed by atoms with Gasteiger partial charge in [-0.1, -0.05) is 6.92 Å². The molecule has 1 saturated heterocycles. The Bertz CT molecular complexity index is 478. The van der Waals surface area contributed by atoms with Gasteiger partial charge in [-0.25, -0.2) is 15.8 Å². The first-order valence-corrected chi connectivity index (χ1v) is 6.97. The van der Waals surface area contributed by atoms with Crippen molar-refractivity contribution in [1.29, 1.82) is 0 Å². The Hall–Kier alpha value is -1.89. The predicted octanol–water partition coefficient (Wildman–Crippen LogP) is 0.383. The highest BCUT2D eigenvalue weighted by Crippen LogP contribution is 2.18. The number of nitrogen functional groups attached to an aromatic ring is 1. The van der Waals surface area contributed by atoms with Gasteiger partial charge in [-0.2, -0.15) is 0 Å². The number of carbonyl (C=O) groups excluding carboxylic acids is 1. The van der Waals surface area contributed by atoms with Crippen molar-refractivity contribution in [2.24, 2.45) is 5.84 Å². The van der Waals surface area contributed by atoms with Crippen LogP contribution in [-0.4, -0.2) is 47.5 Å². The maximum atomic E-state index is 12.0. The SMILES string of the molecule is CCCc1nc(NN)cc(N2CCCN(C)C(=O)C2)n1. The van der Waals surface area contributed by atoms with E-state index in [0.717, 1.165) is 44.0 Å². The van der Waals surface area contributed by atoms with Crippen LogP contribution < -0.4 is 16.2 Å². The molecule has 7 heteroatoms. The van der Waals surface area contributed by atoms with Crippen molar-refractivity contribution >= 4 is 17.5 Å². The monoisotopic (exact) mass is 278 g/mol. The molecule has 3 N–H and O–H groups in total. The molecule has 1 aliphatic rings. The Morgan fingerprint density at radius 2 is 2.20 bits per heavy atom. The summed E-state index contributed by atoms with van der Waals surface area (Å²) in [5.74, 6) is 7.67. The fourth-order valence-corrected chi connectivity index (χ4v) is 2.24. The number of rotatable bonds is 4. The molecule has 0 saturated carbocycles. The van der Waals surface area contributed by atoms with Gasteiger partial charge in [0, 0.05) is 32.6 Å². The number of hydrazine groups is 1. The zero-order chi connectivity index (χ0) is 14.5. The second-order valence-electron chi connectivity index (χ2n) is 5.01. The van der Waals surface area contributed by atoms with Crippen LogP contribution in [0.15, 0.2) is 6.07 Å². The molecule has 0 aliphatic carbocycles. The van der Waals surface area contributed by atoms with Gasteiger partial charge in [-0.3, -0.25) is 4.79 Å². The maximum absolute atomic E-state index is 12.0. The summed E-state index contributed by atoms with van der Waals surface area (Å²) in [6.45, 7) is 4.02. The molecular weight excluding hydrogens is 256 g/mol. The van der Waals surface area contributed by atoms with Gasteiger partial charge in [0.2, 0.25) is 5.91 Å². The lowest BCUT2D eigenvalue weighted by Gasteiger charge is -2.21. The number of hydrogen-bond acceptors (Lipinski definition) is 6. The lowest BCUT2D eigenvalue weighted by atomic mass is 10.3. The zero-order valence-corrected chi connectivity index (χ0v) is 12.1. The average Bonchev–Trinajstić information content (AvgIpc) is 2.61. The summed E-state index contributed by atoms with van der Waals surface area (Å²) in [5, 5.41) is 0. The van der Waals surface area contributed by atoms with Crippen LogP contribution in [0.25, 0.3) is 0 Å². The lowest BCUT2D eigenvalue weighted by molar-refractivity contribution is -0.127. The van der Waals surface area contributed by atoms with Gasteiger partial charge >= 0.3 is 0 Å². The molecule has 0 radical (unpaired) electrons. The van der Waals surface area contributed by atoms with Crippen molar-refractivity contribution in [3.05, 3.63) is 11.9 Å². The third-order valence-corrected chi connectivity index (χ3v) is 3.38. The zero-order valence-electron chi connectivity index (χ0n) is 12.1. The summed E-state index contributed by atoms with van der Waals surface area (Å²) in [6, 6.07) is 1.79. The summed E-state index contributed by atoms with van der Waals surface area (Å²) < 4.78 is 0. The number of nitrogens with two attached hydrogens (primary N) is 1. The normalized spacial score (nSPS) is 16.2. The standard InChI is InChI=1S/C13H22N6O/c1-3-5-10-15-11(17-14)8-12(16-10)19-7-4-6-18(2)13(20)9-19/h8H,3-7,9,14H2,1-2H3,(H,15,16,17). The van der Waals surface area contributed by atoms with E-state index in [4.69, 9.17) is 5.84 Å². The summed E-state index contributed by atoms with van der Waals surface area (Å²) in [5.41, 5.74) is 2.57. The van der Waals surface area contributed by atoms with Crippen LogP contribution in [0.5, 0.6) is 0 Å². The molecule has 1 fully saturated rings. The smallest absolute Gasteiger partial charge is 0.241 e. The average molecular weight is 278 g/mol. The van der Waals surface area contributed by atoms with Crippen molar-refractivity contribution in [1.82, 2.24) is 14.9 Å². The number of nitrogens with one attached hydrogen (secondary N) is 1. The summed E-state index contributed by atoms with van der Waals surface area (Å²) in [4.78, 5) is 24.6. The largest absolute Gasteiger partial charge is 0.347 e. The summed E-state index contributed by atoms with van der Waals surface area (Å²) >= 11 is 0. The van der Waals surface area contributed by atoms with E-state index >= 15 is 0 Å². The van der Waals surface area contributed by atoms with Crippen LogP contribution >= 0.6 is 0 Å². The maximum Gasteiger partial charge on any atom is 0.241 e. The van der Waals surface area contributed by atoms with Gasteiger partial charge in [0.05, 0.1) is 6.54 Å². The Kier molecular flexibility index (Phi) is 4.73. The Labute approximate surface area is 119 Å². The highest BCUT2D eigenvalue weighted by atomic mass is 16.2. The Morgan fingerprint density at radius 1 is 1.40 bits per heavy atom. The molecule has 0 aromatic carbocycles. The van der Waals surface area contributed by atoms with E-state index in [1.165, 1.54) is 0 Å². The predicted molar refractivity (Wildman–Crippen MR) is 78.3 cm³/mol. The number of likely N-dealkylation sites (N-methyl/N-ethyl adjacent to an activating group) is 1. The lowest BCUT2D eigenvalue weighted by Crippen LogP contribution is -2.35. The number of carbonyl (C=O) groups is 1. The topological polar surface area (TPSA) is 87.4 Å². The molecule has 20 heavy (non-hydrogen) atoms. The van der Waals surface area contributed by atoms with Crippen LogP contribution in [0.3, 0.4) is 0 Å². The van der Waals surface area contributed by atoms with Crippen molar-refractivity contribution in [2.75, 3.05) is 37.0 Å². The van der Waals surface area contributed by atoms with Gasteiger partial charge in [-0.15, -0.1) is 0 Å². The van der Waals surface area contributed by atoms with Crippen LogP contribution in [0.1, 0.15) is 25.6 Å². The molecule has 1 aromatic heterocycles. The van der Waals surface area contributed by atoms with Crippen molar-refractivity contribution in [3.8, 4) is 0 Å². The van der Waals surface area contributed by atoms with Crippen molar-refractivity contribution < 1.29 is 4.79 Å². The molecule has 1 aromatic rings.